The topological polar surface area (TPSA) is 68.5 Å². The molecule has 1 fully saturated rings. The lowest BCUT2D eigenvalue weighted by atomic mass is 10.1. The van der Waals surface area contributed by atoms with Gasteiger partial charge in [0, 0.05) is 12.6 Å². The molecule has 7 heteroatoms. The van der Waals surface area contributed by atoms with Crippen LogP contribution in [0.2, 0.25) is 0 Å². The van der Waals surface area contributed by atoms with E-state index in [-0.39, 0.29) is 11.9 Å². The maximum Gasteiger partial charge on any atom is 0.266 e. The lowest BCUT2D eigenvalue weighted by Crippen LogP contribution is -2.30. The summed E-state index contributed by atoms with van der Waals surface area (Å²) in [4.78, 5) is 20.3. The van der Waals surface area contributed by atoms with Gasteiger partial charge in [0.1, 0.15) is 22.2 Å². The molecule has 28 heavy (non-hydrogen) atoms. The Morgan fingerprint density at radius 2 is 2.07 bits per heavy atom. The SMILES string of the molecule is Cc1ccc(OCc2nc(C)c(C(=O)N3CCCC3c3cc(C)no3)s2)cc1. The van der Waals surface area contributed by atoms with Gasteiger partial charge in [0.2, 0.25) is 0 Å². The number of aryl methyl sites for hydroxylation is 3. The Bertz CT molecular complexity index is 977. The van der Waals surface area contributed by atoms with Crippen molar-refractivity contribution in [2.24, 2.45) is 0 Å². The van der Waals surface area contributed by atoms with Crippen molar-refractivity contribution in [3.63, 3.8) is 0 Å². The molecule has 0 aliphatic carbocycles. The first-order valence-corrected chi connectivity index (χ1v) is 10.2. The van der Waals surface area contributed by atoms with E-state index in [1.165, 1.54) is 16.9 Å². The molecule has 0 N–H and O–H groups in total. The number of likely N-dealkylation sites (tertiary alicyclic amines) is 1. The van der Waals surface area contributed by atoms with Crippen LogP contribution in [0.3, 0.4) is 0 Å². The summed E-state index contributed by atoms with van der Waals surface area (Å²) in [6.45, 7) is 6.88. The number of aromatic nitrogens is 2. The predicted octanol–water partition coefficient (Wildman–Crippen LogP) is 4.61. The highest BCUT2D eigenvalue weighted by Gasteiger charge is 2.34. The third-order valence-corrected chi connectivity index (χ3v) is 6.03. The maximum atomic E-state index is 13.2. The highest BCUT2D eigenvalue weighted by atomic mass is 32.1. The molecule has 1 unspecified atom stereocenters. The number of hydrogen-bond acceptors (Lipinski definition) is 6. The Balaban J connectivity index is 1.47. The molecule has 3 heterocycles. The monoisotopic (exact) mass is 397 g/mol. The van der Waals surface area contributed by atoms with Crippen molar-refractivity contribution in [2.45, 2.75) is 46.3 Å². The summed E-state index contributed by atoms with van der Waals surface area (Å²) in [5.74, 6) is 1.56. The lowest BCUT2D eigenvalue weighted by Gasteiger charge is -2.22. The minimum atomic E-state index is -0.0533. The van der Waals surface area contributed by atoms with E-state index in [0.717, 1.165) is 47.3 Å². The zero-order valence-electron chi connectivity index (χ0n) is 16.3. The summed E-state index contributed by atoms with van der Waals surface area (Å²) in [6, 6.07) is 9.76. The van der Waals surface area contributed by atoms with Gasteiger partial charge in [0.25, 0.3) is 5.91 Å². The predicted molar refractivity (Wildman–Crippen MR) is 107 cm³/mol. The van der Waals surface area contributed by atoms with E-state index in [1.807, 2.05) is 56.0 Å². The van der Waals surface area contributed by atoms with Gasteiger partial charge in [-0.05, 0) is 45.7 Å². The molecule has 1 saturated heterocycles. The van der Waals surface area contributed by atoms with E-state index in [9.17, 15) is 4.79 Å². The van der Waals surface area contributed by atoms with Gasteiger partial charge in [-0.2, -0.15) is 0 Å². The molecule has 4 rings (SSSR count). The van der Waals surface area contributed by atoms with Crippen LogP contribution in [0.1, 0.15) is 56.3 Å². The second-order valence-corrected chi connectivity index (χ2v) is 8.23. The molecule has 0 radical (unpaired) electrons. The molecule has 3 aromatic rings. The maximum absolute atomic E-state index is 13.2. The zero-order valence-corrected chi connectivity index (χ0v) is 17.1. The van der Waals surface area contributed by atoms with Gasteiger partial charge in [0.05, 0.1) is 17.4 Å². The van der Waals surface area contributed by atoms with Gasteiger partial charge in [-0.15, -0.1) is 11.3 Å². The number of rotatable bonds is 5. The van der Waals surface area contributed by atoms with Crippen molar-refractivity contribution in [2.75, 3.05) is 6.54 Å². The van der Waals surface area contributed by atoms with E-state index in [1.54, 1.807) is 0 Å². The molecular formula is C21H23N3O3S. The van der Waals surface area contributed by atoms with Gasteiger partial charge in [-0.25, -0.2) is 4.98 Å². The molecule has 0 saturated carbocycles. The molecule has 1 atom stereocenters. The Morgan fingerprint density at radius 3 is 2.79 bits per heavy atom. The Labute approximate surface area is 168 Å². The van der Waals surface area contributed by atoms with Crippen molar-refractivity contribution in [1.29, 1.82) is 0 Å². The first-order valence-electron chi connectivity index (χ1n) is 9.41. The third kappa shape index (κ3) is 3.80. The molecule has 1 aliphatic rings. The number of carbonyl (C=O) groups is 1. The van der Waals surface area contributed by atoms with E-state index < -0.39 is 0 Å². The van der Waals surface area contributed by atoms with Crippen molar-refractivity contribution in [1.82, 2.24) is 15.0 Å². The van der Waals surface area contributed by atoms with Gasteiger partial charge in [0.15, 0.2) is 5.76 Å². The van der Waals surface area contributed by atoms with Crippen LogP contribution in [-0.4, -0.2) is 27.5 Å². The van der Waals surface area contributed by atoms with E-state index >= 15 is 0 Å². The number of carbonyl (C=O) groups excluding carboxylic acids is 1. The molecule has 6 nitrogen and oxygen atoms in total. The molecule has 0 bridgehead atoms. The van der Waals surface area contributed by atoms with Crippen molar-refractivity contribution in [3.8, 4) is 5.75 Å². The van der Waals surface area contributed by atoms with E-state index in [2.05, 4.69) is 10.1 Å². The minimum absolute atomic E-state index is 0.00754. The van der Waals surface area contributed by atoms with Crippen LogP contribution in [0.15, 0.2) is 34.9 Å². The Hall–Kier alpha value is -2.67. The Kier molecular flexibility index (Phi) is 5.17. The second-order valence-electron chi connectivity index (χ2n) is 7.15. The standard InChI is InChI=1S/C21H23N3O3S/c1-13-6-8-16(9-7-13)26-12-19-22-15(3)20(28-19)21(25)24-10-4-5-17(24)18-11-14(2)23-27-18/h6-9,11,17H,4-5,10,12H2,1-3H3. The largest absolute Gasteiger partial charge is 0.486 e. The fourth-order valence-electron chi connectivity index (χ4n) is 3.47. The summed E-state index contributed by atoms with van der Waals surface area (Å²) in [5.41, 5.74) is 2.77. The first kappa shape index (κ1) is 18.7. The molecule has 1 aliphatic heterocycles. The summed E-state index contributed by atoms with van der Waals surface area (Å²) < 4.78 is 11.2. The van der Waals surface area contributed by atoms with Crippen molar-refractivity contribution in [3.05, 3.63) is 62.9 Å². The van der Waals surface area contributed by atoms with Crippen LogP contribution in [0.25, 0.3) is 0 Å². The van der Waals surface area contributed by atoms with Crippen LogP contribution in [-0.2, 0) is 6.61 Å². The summed E-state index contributed by atoms with van der Waals surface area (Å²) in [5, 5.41) is 4.77. The van der Waals surface area contributed by atoms with Crippen molar-refractivity contribution < 1.29 is 14.1 Å². The average molecular weight is 398 g/mol. The molecular weight excluding hydrogens is 374 g/mol. The van der Waals surface area contributed by atoms with Crippen LogP contribution in [0, 0.1) is 20.8 Å². The van der Waals surface area contributed by atoms with Crippen LogP contribution in [0.4, 0.5) is 0 Å². The normalized spacial score (nSPS) is 16.5. The Morgan fingerprint density at radius 1 is 1.29 bits per heavy atom. The number of hydrogen-bond donors (Lipinski definition) is 0. The zero-order chi connectivity index (χ0) is 19.7. The van der Waals surface area contributed by atoms with Crippen LogP contribution < -0.4 is 4.74 Å². The third-order valence-electron chi connectivity index (χ3n) is 4.91. The minimum Gasteiger partial charge on any atom is -0.486 e. The van der Waals surface area contributed by atoms with E-state index in [0.29, 0.717) is 11.5 Å². The van der Waals surface area contributed by atoms with Crippen molar-refractivity contribution >= 4 is 17.2 Å². The number of ether oxygens (including phenoxy) is 1. The second kappa shape index (κ2) is 7.75. The molecule has 2 aromatic heterocycles. The number of nitrogens with zero attached hydrogens (tertiary/aromatic N) is 3. The average Bonchev–Trinajstić information content (AvgIpc) is 3.40. The molecule has 0 spiro atoms. The number of benzene rings is 1. The van der Waals surface area contributed by atoms with Gasteiger partial charge in [-0.1, -0.05) is 22.9 Å². The van der Waals surface area contributed by atoms with Gasteiger partial charge < -0.3 is 14.2 Å². The number of thiazole rings is 1. The van der Waals surface area contributed by atoms with Crippen LogP contribution >= 0.6 is 11.3 Å². The molecule has 1 amide bonds. The van der Waals surface area contributed by atoms with Crippen LogP contribution in [0.5, 0.6) is 5.75 Å². The van der Waals surface area contributed by atoms with E-state index in [4.69, 9.17) is 9.26 Å². The lowest BCUT2D eigenvalue weighted by molar-refractivity contribution is 0.0718. The number of amides is 1. The molecule has 146 valence electrons. The van der Waals surface area contributed by atoms with Gasteiger partial charge >= 0.3 is 0 Å². The molecule has 1 aromatic carbocycles. The summed E-state index contributed by atoms with van der Waals surface area (Å²) in [6.07, 6.45) is 1.85. The highest BCUT2D eigenvalue weighted by molar-refractivity contribution is 7.13. The fourth-order valence-corrected chi connectivity index (χ4v) is 4.40. The first-order chi connectivity index (χ1) is 13.5. The summed E-state index contributed by atoms with van der Waals surface area (Å²) >= 11 is 1.41. The highest BCUT2D eigenvalue weighted by Crippen LogP contribution is 2.35. The smallest absolute Gasteiger partial charge is 0.266 e. The quantitative estimate of drug-likeness (QED) is 0.629. The fraction of sp³-hybridized carbons (Fsp3) is 0.381. The van der Waals surface area contributed by atoms with Gasteiger partial charge in [-0.3, -0.25) is 4.79 Å². The summed E-state index contributed by atoms with van der Waals surface area (Å²) in [7, 11) is 0.